The second-order valence-electron chi connectivity index (χ2n) is 7.19. The van der Waals surface area contributed by atoms with Gasteiger partial charge in [-0.1, -0.05) is 115 Å². The average Bonchev–Trinajstić information content (AvgIpc) is 2.78. The van der Waals surface area contributed by atoms with Crippen LogP contribution in [0.1, 0.15) is 16.7 Å². The summed E-state index contributed by atoms with van der Waals surface area (Å²) in [5.74, 6) is 1.37. The molecule has 1 radical (unpaired) electrons. The molecule has 0 aliphatic heterocycles. The molecule has 28 heavy (non-hydrogen) atoms. The van der Waals surface area contributed by atoms with Gasteiger partial charge in [0.05, 0.1) is 0 Å². The summed E-state index contributed by atoms with van der Waals surface area (Å²) in [7, 11) is 0. The van der Waals surface area contributed by atoms with E-state index in [1.165, 1.54) is 44.2 Å². The Labute approximate surface area is 166 Å². The van der Waals surface area contributed by atoms with Gasteiger partial charge in [0.2, 0.25) is 0 Å². The highest BCUT2D eigenvalue weighted by Gasteiger charge is 2.19. The molecule has 0 atom stereocenters. The van der Waals surface area contributed by atoms with Crippen LogP contribution in [0.5, 0.6) is 0 Å². The van der Waals surface area contributed by atoms with E-state index in [0.29, 0.717) is 0 Å². The third-order valence-electron chi connectivity index (χ3n) is 5.48. The van der Waals surface area contributed by atoms with Gasteiger partial charge in [0.15, 0.2) is 0 Å². The van der Waals surface area contributed by atoms with Crippen molar-refractivity contribution in [2.24, 2.45) is 0 Å². The van der Waals surface area contributed by atoms with E-state index in [0.717, 1.165) is 6.42 Å². The zero-order valence-corrected chi connectivity index (χ0v) is 15.7. The van der Waals surface area contributed by atoms with Crippen molar-refractivity contribution >= 4 is 21.5 Å². The Morgan fingerprint density at radius 2 is 1.04 bits per heavy atom. The molecule has 133 valence electrons. The third kappa shape index (κ3) is 3.08. The van der Waals surface area contributed by atoms with Gasteiger partial charge < -0.3 is 0 Å². The first-order valence-electron chi connectivity index (χ1n) is 9.76. The van der Waals surface area contributed by atoms with Crippen molar-refractivity contribution in [2.45, 2.75) is 6.42 Å². The van der Waals surface area contributed by atoms with E-state index in [9.17, 15) is 0 Å². The van der Waals surface area contributed by atoms with Gasteiger partial charge in [-0.25, -0.2) is 0 Å². The minimum Gasteiger partial charge on any atom is -0.0622 e. The summed E-state index contributed by atoms with van der Waals surface area (Å²) in [4.78, 5) is 0. The highest BCUT2D eigenvalue weighted by Crippen LogP contribution is 2.34. The molecule has 0 aromatic heterocycles. The van der Waals surface area contributed by atoms with Gasteiger partial charge in [0.1, 0.15) is 0 Å². The van der Waals surface area contributed by atoms with Crippen molar-refractivity contribution in [3.8, 4) is 0 Å². The van der Waals surface area contributed by atoms with E-state index < -0.39 is 0 Å². The Hall–Kier alpha value is -3.38. The molecule has 0 N–H and O–H groups in total. The predicted molar refractivity (Wildman–Crippen MR) is 119 cm³/mol. The summed E-state index contributed by atoms with van der Waals surface area (Å²) >= 11 is 0. The van der Waals surface area contributed by atoms with Crippen LogP contribution in [-0.2, 0) is 6.42 Å². The van der Waals surface area contributed by atoms with Crippen LogP contribution in [0.4, 0.5) is 0 Å². The van der Waals surface area contributed by atoms with Gasteiger partial charge >= 0.3 is 0 Å². The summed E-state index contributed by atoms with van der Waals surface area (Å²) in [5, 5.41) is 5.22. The average molecular weight is 357 g/mol. The molecular weight excluding hydrogens is 336 g/mol. The second kappa shape index (κ2) is 7.32. The smallest absolute Gasteiger partial charge is 0.0390 e. The zero-order valence-electron chi connectivity index (χ0n) is 15.7. The number of rotatable bonds is 4. The fourth-order valence-corrected chi connectivity index (χ4v) is 4.12. The Bertz CT molecular complexity index is 1220. The lowest BCUT2D eigenvalue weighted by atomic mass is 9.82. The molecule has 0 saturated heterocycles. The van der Waals surface area contributed by atoms with Crippen molar-refractivity contribution in [1.82, 2.24) is 0 Å². The summed E-state index contributed by atoms with van der Waals surface area (Å²) in [6.07, 6.45) is 0.902. The molecule has 0 fully saturated rings. The first-order chi connectivity index (χ1) is 13.9. The molecule has 5 aromatic rings. The van der Waals surface area contributed by atoms with E-state index in [1.807, 2.05) is 0 Å². The van der Waals surface area contributed by atoms with Crippen LogP contribution in [0, 0.1) is 5.92 Å². The Morgan fingerprint density at radius 3 is 1.82 bits per heavy atom. The van der Waals surface area contributed by atoms with E-state index in [1.54, 1.807) is 0 Å². The number of benzene rings is 5. The summed E-state index contributed by atoms with van der Waals surface area (Å²) in [6, 6.07) is 41.4. The third-order valence-corrected chi connectivity index (χ3v) is 5.48. The quantitative estimate of drug-likeness (QED) is 0.319. The van der Waals surface area contributed by atoms with Crippen LogP contribution >= 0.6 is 0 Å². The standard InChI is InChI=1S/C28H21/c1-2-10-23(11-3-1)28(27-19-9-15-22-13-5-7-18-26(22)27)20-24-16-8-14-21-12-4-6-17-25(21)24/h1-19H,20H2. The zero-order chi connectivity index (χ0) is 18.8. The highest BCUT2D eigenvalue weighted by atomic mass is 14.2. The summed E-state index contributed by atoms with van der Waals surface area (Å²) in [6.45, 7) is 0. The van der Waals surface area contributed by atoms with Gasteiger partial charge in [-0.3, -0.25) is 0 Å². The lowest BCUT2D eigenvalue weighted by molar-refractivity contribution is 1.05. The van der Waals surface area contributed by atoms with Crippen LogP contribution in [0.2, 0.25) is 0 Å². The van der Waals surface area contributed by atoms with Crippen LogP contribution in [0.3, 0.4) is 0 Å². The monoisotopic (exact) mass is 357 g/mol. The Morgan fingerprint density at radius 1 is 0.464 bits per heavy atom. The first kappa shape index (κ1) is 16.8. The fraction of sp³-hybridized carbons (Fsp3) is 0.0357. The van der Waals surface area contributed by atoms with E-state index in [-0.39, 0.29) is 0 Å². The summed E-state index contributed by atoms with van der Waals surface area (Å²) in [5.41, 5.74) is 3.97. The van der Waals surface area contributed by atoms with Gasteiger partial charge in [0, 0.05) is 5.92 Å². The van der Waals surface area contributed by atoms with Crippen molar-refractivity contribution in [3.05, 3.63) is 138 Å². The normalized spacial score (nSPS) is 11.3. The van der Waals surface area contributed by atoms with Gasteiger partial charge in [0.25, 0.3) is 0 Å². The van der Waals surface area contributed by atoms with E-state index in [4.69, 9.17) is 0 Å². The lowest BCUT2D eigenvalue weighted by Crippen LogP contribution is -2.07. The first-order valence-corrected chi connectivity index (χ1v) is 9.76. The molecular formula is C28H21. The molecule has 0 heteroatoms. The van der Waals surface area contributed by atoms with Crippen molar-refractivity contribution < 1.29 is 0 Å². The molecule has 0 aliphatic rings. The molecule has 0 unspecified atom stereocenters. The molecule has 0 amide bonds. The largest absolute Gasteiger partial charge is 0.0622 e. The molecule has 0 spiro atoms. The van der Waals surface area contributed by atoms with Crippen LogP contribution < -0.4 is 0 Å². The second-order valence-corrected chi connectivity index (χ2v) is 7.19. The number of hydrogen-bond donors (Lipinski definition) is 0. The van der Waals surface area contributed by atoms with Crippen molar-refractivity contribution in [3.63, 3.8) is 0 Å². The Kier molecular flexibility index (Phi) is 4.39. The summed E-state index contributed by atoms with van der Waals surface area (Å²) < 4.78 is 0. The molecule has 5 rings (SSSR count). The number of fused-ring (bicyclic) bond motifs is 2. The number of hydrogen-bond acceptors (Lipinski definition) is 0. The van der Waals surface area contributed by atoms with Crippen LogP contribution in [-0.4, -0.2) is 0 Å². The molecule has 0 heterocycles. The topological polar surface area (TPSA) is 0 Å². The highest BCUT2D eigenvalue weighted by molar-refractivity contribution is 5.89. The molecule has 0 nitrogen and oxygen atoms in total. The molecule has 0 saturated carbocycles. The van der Waals surface area contributed by atoms with Gasteiger partial charge in [-0.15, -0.1) is 0 Å². The molecule has 0 aliphatic carbocycles. The van der Waals surface area contributed by atoms with Gasteiger partial charge in [-0.2, -0.15) is 0 Å². The minimum atomic E-state index is 0.902. The molecule has 0 bridgehead atoms. The lowest BCUT2D eigenvalue weighted by Gasteiger charge is -2.20. The maximum absolute atomic E-state index is 2.26. The van der Waals surface area contributed by atoms with Crippen molar-refractivity contribution in [2.75, 3.05) is 0 Å². The molecule has 5 aromatic carbocycles. The fourth-order valence-electron chi connectivity index (χ4n) is 4.12. The maximum atomic E-state index is 2.26. The van der Waals surface area contributed by atoms with Crippen LogP contribution in [0.25, 0.3) is 21.5 Å². The maximum Gasteiger partial charge on any atom is 0.0390 e. The SMILES string of the molecule is c1ccc([C](Cc2cccc3ccccc23)c2cccc3ccccc23)cc1. The predicted octanol–water partition coefficient (Wildman–Crippen LogP) is 7.21. The van der Waals surface area contributed by atoms with E-state index >= 15 is 0 Å². The van der Waals surface area contributed by atoms with Crippen LogP contribution in [0.15, 0.2) is 115 Å². The van der Waals surface area contributed by atoms with Crippen molar-refractivity contribution in [1.29, 1.82) is 0 Å². The van der Waals surface area contributed by atoms with E-state index in [2.05, 4.69) is 115 Å². The minimum absolute atomic E-state index is 0.902. The van der Waals surface area contributed by atoms with Gasteiger partial charge in [-0.05, 0) is 44.7 Å². The Balaban J connectivity index is 1.69.